The molecule has 1 aromatic rings. The van der Waals surface area contributed by atoms with Gasteiger partial charge in [0.15, 0.2) is 0 Å². The summed E-state index contributed by atoms with van der Waals surface area (Å²) < 4.78 is 0.992. The van der Waals surface area contributed by atoms with Crippen molar-refractivity contribution in [1.82, 2.24) is 9.80 Å². The van der Waals surface area contributed by atoms with Gasteiger partial charge in [-0.1, -0.05) is 33.6 Å². The fourth-order valence-electron chi connectivity index (χ4n) is 2.77. The molecule has 2 rings (SSSR count). The van der Waals surface area contributed by atoms with Crippen LogP contribution in [0.4, 0.5) is 0 Å². The van der Waals surface area contributed by atoms with Crippen molar-refractivity contribution in [3.63, 3.8) is 0 Å². The van der Waals surface area contributed by atoms with Gasteiger partial charge < -0.3 is 10.6 Å². The Kier molecular flexibility index (Phi) is 5.87. The fourth-order valence-corrected chi connectivity index (χ4v) is 3.59. The largest absolute Gasteiger partial charge is 0.324 e. The monoisotopic (exact) mass is 359 g/mol. The van der Waals surface area contributed by atoms with Crippen LogP contribution in [0.25, 0.3) is 0 Å². The van der Waals surface area contributed by atoms with E-state index in [0.717, 1.165) is 47.7 Å². The summed E-state index contributed by atoms with van der Waals surface area (Å²) in [6.45, 7) is 6.71. The number of hydrogen-bond acceptors (Lipinski definition) is 3. The number of hydrogen-bond donors (Lipinski definition) is 1. The highest BCUT2D eigenvalue weighted by Crippen LogP contribution is 2.27. The summed E-state index contributed by atoms with van der Waals surface area (Å²) in [6, 6.07) is 6.53. The summed E-state index contributed by atoms with van der Waals surface area (Å²) in [7, 11) is 2.18. The average Bonchev–Trinajstić information content (AvgIpc) is 2.37. The van der Waals surface area contributed by atoms with Crippen molar-refractivity contribution in [2.24, 2.45) is 5.73 Å². The summed E-state index contributed by atoms with van der Waals surface area (Å²) >= 11 is 9.69. The lowest BCUT2D eigenvalue weighted by Gasteiger charge is -2.38. The fraction of sp³-hybridized carbons (Fsp3) is 0.600. The standard InChI is InChI=1S/C15H23BrClN3/c1-11-10-19(2)7-8-20(11)6-5-15(18)13-4-3-12(16)9-14(13)17/h3-4,9,11,15H,5-8,10,18H2,1-2H3. The first-order chi connectivity index (χ1) is 9.47. The molecule has 0 amide bonds. The van der Waals surface area contributed by atoms with Gasteiger partial charge in [0, 0.05) is 47.8 Å². The first-order valence-corrected chi connectivity index (χ1v) is 8.27. The Hall–Kier alpha value is -0.130. The zero-order valence-electron chi connectivity index (χ0n) is 12.1. The van der Waals surface area contributed by atoms with Gasteiger partial charge in [-0.15, -0.1) is 0 Å². The van der Waals surface area contributed by atoms with Crippen LogP contribution in [0, 0.1) is 0 Å². The predicted octanol–water partition coefficient (Wildman–Crippen LogP) is 3.13. The molecule has 0 saturated carbocycles. The summed E-state index contributed by atoms with van der Waals surface area (Å²) in [6.07, 6.45) is 0.940. The SMILES string of the molecule is CC1CN(C)CCN1CCC(N)c1ccc(Br)cc1Cl. The van der Waals surface area contributed by atoms with Gasteiger partial charge in [-0.2, -0.15) is 0 Å². The van der Waals surface area contributed by atoms with Gasteiger partial charge in [0.2, 0.25) is 0 Å². The molecule has 5 heteroatoms. The number of likely N-dealkylation sites (N-methyl/N-ethyl adjacent to an activating group) is 1. The molecule has 0 radical (unpaired) electrons. The molecule has 1 saturated heterocycles. The maximum Gasteiger partial charge on any atom is 0.0464 e. The van der Waals surface area contributed by atoms with Crippen LogP contribution in [0.3, 0.4) is 0 Å². The quantitative estimate of drug-likeness (QED) is 0.895. The molecule has 1 aromatic carbocycles. The number of piperazine rings is 1. The Labute approximate surface area is 135 Å². The number of rotatable bonds is 4. The summed E-state index contributed by atoms with van der Waals surface area (Å²) in [5, 5.41) is 0.748. The van der Waals surface area contributed by atoms with E-state index in [1.54, 1.807) is 0 Å². The molecule has 1 aliphatic heterocycles. The van der Waals surface area contributed by atoms with Crippen molar-refractivity contribution < 1.29 is 0 Å². The minimum atomic E-state index is 0.00227. The zero-order valence-corrected chi connectivity index (χ0v) is 14.5. The van der Waals surface area contributed by atoms with Gasteiger partial charge in [0.25, 0.3) is 0 Å². The Bertz CT molecular complexity index is 455. The van der Waals surface area contributed by atoms with Gasteiger partial charge in [-0.05, 0) is 38.1 Å². The van der Waals surface area contributed by atoms with Crippen molar-refractivity contribution in [2.75, 3.05) is 33.2 Å². The number of nitrogens with zero attached hydrogens (tertiary/aromatic N) is 2. The summed E-state index contributed by atoms with van der Waals surface area (Å²) in [4.78, 5) is 4.90. The van der Waals surface area contributed by atoms with E-state index < -0.39 is 0 Å². The molecule has 0 aromatic heterocycles. The normalized spacial score (nSPS) is 22.9. The van der Waals surface area contributed by atoms with Gasteiger partial charge in [0.05, 0.1) is 0 Å². The number of benzene rings is 1. The van der Waals surface area contributed by atoms with Gasteiger partial charge >= 0.3 is 0 Å². The first-order valence-electron chi connectivity index (χ1n) is 7.10. The minimum Gasteiger partial charge on any atom is -0.324 e. The van der Waals surface area contributed by atoms with E-state index in [0.29, 0.717) is 6.04 Å². The maximum atomic E-state index is 6.30. The lowest BCUT2D eigenvalue weighted by molar-refractivity contribution is 0.0973. The molecule has 0 bridgehead atoms. The smallest absolute Gasteiger partial charge is 0.0464 e. The zero-order chi connectivity index (χ0) is 14.7. The molecular formula is C15H23BrClN3. The first kappa shape index (κ1) is 16.2. The number of nitrogens with two attached hydrogens (primary N) is 1. The van der Waals surface area contributed by atoms with Crippen molar-refractivity contribution in [2.45, 2.75) is 25.4 Å². The second-order valence-corrected chi connectivity index (χ2v) is 7.03. The van der Waals surface area contributed by atoms with Crippen LogP contribution >= 0.6 is 27.5 Å². The van der Waals surface area contributed by atoms with Crippen molar-refractivity contribution in [1.29, 1.82) is 0 Å². The molecule has 1 aliphatic rings. The summed E-state index contributed by atoms with van der Waals surface area (Å²) in [5.41, 5.74) is 7.34. The highest BCUT2D eigenvalue weighted by molar-refractivity contribution is 9.10. The van der Waals surface area contributed by atoms with Crippen LogP contribution < -0.4 is 5.73 Å². The van der Waals surface area contributed by atoms with E-state index in [4.69, 9.17) is 17.3 Å². The molecule has 2 N–H and O–H groups in total. The van der Waals surface area contributed by atoms with Crippen LogP contribution in [-0.4, -0.2) is 49.1 Å². The van der Waals surface area contributed by atoms with Crippen LogP contribution in [0.2, 0.25) is 5.02 Å². The Morgan fingerprint density at radius 3 is 2.85 bits per heavy atom. The third-order valence-electron chi connectivity index (χ3n) is 4.06. The van der Waals surface area contributed by atoms with Crippen molar-refractivity contribution in [3.8, 4) is 0 Å². The molecule has 20 heavy (non-hydrogen) atoms. The van der Waals surface area contributed by atoms with E-state index in [-0.39, 0.29) is 6.04 Å². The van der Waals surface area contributed by atoms with Gasteiger partial charge in [-0.25, -0.2) is 0 Å². The van der Waals surface area contributed by atoms with Gasteiger partial charge in [-0.3, -0.25) is 4.90 Å². The van der Waals surface area contributed by atoms with Crippen LogP contribution in [0.15, 0.2) is 22.7 Å². The van der Waals surface area contributed by atoms with Crippen LogP contribution in [-0.2, 0) is 0 Å². The average molecular weight is 361 g/mol. The molecule has 1 fully saturated rings. The van der Waals surface area contributed by atoms with Gasteiger partial charge in [0.1, 0.15) is 0 Å². The predicted molar refractivity (Wildman–Crippen MR) is 89.2 cm³/mol. The third-order valence-corrected chi connectivity index (χ3v) is 4.88. The Morgan fingerprint density at radius 1 is 1.45 bits per heavy atom. The molecule has 2 unspecified atom stereocenters. The van der Waals surface area contributed by atoms with Crippen molar-refractivity contribution in [3.05, 3.63) is 33.3 Å². The number of halogens is 2. The van der Waals surface area contributed by atoms with E-state index in [1.165, 1.54) is 0 Å². The lowest BCUT2D eigenvalue weighted by Crippen LogP contribution is -2.50. The molecule has 0 spiro atoms. The van der Waals surface area contributed by atoms with Crippen molar-refractivity contribution >= 4 is 27.5 Å². The second-order valence-electron chi connectivity index (χ2n) is 5.71. The highest BCUT2D eigenvalue weighted by Gasteiger charge is 2.22. The Morgan fingerprint density at radius 2 is 2.20 bits per heavy atom. The second kappa shape index (κ2) is 7.23. The third kappa shape index (κ3) is 4.18. The molecular weight excluding hydrogens is 338 g/mol. The Balaban J connectivity index is 1.90. The highest BCUT2D eigenvalue weighted by atomic mass is 79.9. The van der Waals surface area contributed by atoms with Crippen LogP contribution in [0.1, 0.15) is 24.9 Å². The molecule has 3 nitrogen and oxygen atoms in total. The maximum absolute atomic E-state index is 6.30. The molecule has 2 atom stereocenters. The lowest BCUT2D eigenvalue weighted by atomic mass is 10.0. The molecule has 0 aliphatic carbocycles. The van der Waals surface area contributed by atoms with E-state index in [9.17, 15) is 0 Å². The topological polar surface area (TPSA) is 32.5 Å². The molecule has 112 valence electrons. The van der Waals surface area contributed by atoms with E-state index >= 15 is 0 Å². The van der Waals surface area contributed by atoms with E-state index in [2.05, 4.69) is 39.7 Å². The minimum absolute atomic E-state index is 0.00227. The van der Waals surface area contributed by atoms with E-state index in [1.807, 2.05) is 18.2 Å². The van der Waals surface area contributed by atoms with Crippen LogP contribution in [0.5, 0.6) is 0 Å². The molecule has 1 heterocycles. The summed E-state index contributed by atoms with van der Waals surface area (Å²) in [5.74, 6) is 0.